The van der Waals surface area contributed by atoms with E-state index in [2.05, 4.69) is 10.6 Å². The first-order chi connectivity index (χ1) is 14.4. The molecule has 0 saturated heterocycles. The highest BCUT2D eigenvalue weighted by Crippen LogP contribution is 2.55. The summed E-state index contributed by atoms with van der Waals surface area (Å²) in [6.07, 6.45) is 7.08. The molecule has 1 aromatic carbocycles. The normalized spacial score (nSPS) is 30.0. The number of urea groups is 1. The van der Waals surface area contributed by atoms with Crippen molar-refractivity contribution in [3.63, 3.8) is 0 Å². The molecule has 4 fully saturated rings. The van der Waals surface area contributed by atoms with Crippen molar-refractivity contribution < 1.29 is 23.6 Å². The summed E-state index contributed by atoms with van der Waals surface area (Å²) in [6.45, 7) is 3.33. The van der Waals surface area contributed by atoms with E-state index < -0.39 is 5.82 Å². The van der Waals surface area contributed by atoms with Gasteiger partial charge in [0.05, 0.1) is 13.7 Å². The quantitative estimate of drug-likeness (QED) is 0.635. The second-order valence-electron chi connectivity index (χ2n) is 9.63. The molecular formula is C23H33FN3O3+. The van der Waals surface area contributed by atoms with Crippen LogP contribution in [0.2, 0.25) is 0 Å². The van der Waals surface area contributed by atoms with E-state index in [1.807, 2.05) is 6.92 Å². The van der Waals surface area contributed by atoms with Crippen LogP contribution in [0, 0.1) is 23.6 Å². The van der Waals surface area contributed by atoms with Crippen molar-refractivity contribution >= 4 is 11.9 Å². The summed E-state index contributed by atoms with van der Waals surface area (Å²) in [6, 6.07) is 4.46. The summed E-state index contributed by atoms with van der Waals surface area (Å²) in [7, 11) is 1.43. The molecule has 0 spiro atoms. The van der Waals surface area contributed by atoms with E-state index >= 15 is 0 Å². The summed E-state index contributed by atoms with van der Waals surface area (Å²) in [5, 5.41) is 5.70. The molecule has 4 bridgehead atoms. The SMILES string of the molecule is CC[NH+](CC(=O)NC(=O)NC12CC3CC(CC(C3)C1)C2)Cc1ccc(OC)c(F)c1. The fourth-order valence-corrected chi connectivity index (χ4v) is 6.35. The minimum atomic E-state index is -0.412. The van der Waals surface area contributed by atoms with E-state index in [9.17, 15) is 14.0 Å². The largest absolute Gasteiger partial charge is 0.494 e. The second kappa shape index (κ2) is 8.53. The van der Waals surface area contributed by atoms with Crippen molar-refractivity contribution in [1.82, 2.24) is 10.6 Å². The smallest absolute Gasteiger partial charge is 0.322 e. The summed E-state index contributed by atoms with van der Waals surface area (Å²) < 4.78 is 18.9. The third-order valence-electron chi connectivity index (χ3n) is 7.25. The molecule has 5 rings (SSSR count). The van der Waals surface area contributed by atoms with Crippen molar-refractivity contribution in [2.45, 2.75) is 57.5 Å². The molecule has 1 unspecified atom stereocenters. The number of hydrogen-bond donors (Lipinski definition) is 3. The molecule has 4 aliphatic rings. The van der Waals surface area contributed by atoms with Crippen LogP contribution in [0.4, 0.5) is 9.18 Å². The number of imide groups is 1. The Balaban J connectivity index is 1.29. The van der Waals surface area contributed by atoms with Gasteiger partial charge < -0.3 is 15.0 Å². The number of hydrogen-bond acceptors (Lipinski definition) is 3. The van der Waals surface area contributed by atoms with Crippen LogP contribution in [0.5, 0.6) is 5.75 Å². The molecule has 0 radical (unpaired) electrons. The minimum absolute atomic E-state index is 0.114. The fourth-order valence-electron chi connectivity index (χ4n) is 6.35. The van der Waals surface area contributed by atoms with Gasteiger partial charge in [0.15, 0.2) is 18.1 Å². The maximum absolute atomic E-state index is 13.9. The first-order valence-electron chi connectivity index (χ1n) is 11.2. The highest BCUT2D eigenvalue weighted by Gasteiger charge is 2.51. The van der Waals surface area contributed by atoms with Crippen LogP contribution >= 0.6 is 0 Å². The molecule has 0 aromatic heterocycles. The lowest BCUT2D eigenvalue weighted by molar-refractivity contribution is -0.904. The number of carbonyl (C=O) groups excluding carboxylic acids is 2. The molecule has 1 aromatic rings. The zero-order valence-electron chi connectivity index (χ0n) is 17.9. The fraction of sp³-hybridized carbons (Fsp3) is 0.652. The first-order valence-corrected chi connectivity index (χ1v) is 11.2. The van der Waals surface area contributed by atoms with E-state index in [1.54, 1.807) is 12.1 Å². The molecule has 0 aliphatic heterocycles. The summed E-state index contributed by atoms with van der Waals surface area (Å²) in [5.74, 6) is 1.69. The van der Waals surface area contributed by atoms with Gasteiger partial charge in [-0.1, -0.05) is 0 Å². The van der Waals surface area contributed by atoms with E-state index in [0.717, 1.165) is 47.5 Å². The standard InChI is InChI=1S/C23H32FN3O3/c1-3-27(13-15-4-5-20(30-2)19(24)9-15)14-21(28)25-22(29)26-23-10-16-6-17(11-23)8-18(7-16)12-23/h4-5,9,16-18H,3,6-8,10-14H2,1-2H3,(H2,25,26,28,29)/p+1. The number of halogens is 1. The van der Waals surface area contributed by atoms with Crippen LogP contribution in [-0.4, -0.2) is 37.7 Å². The maximum atomic E-state index is 13.9. The number of amides is 3. The summed E-state index contributed by atoms with van der Waals surface area (Å²) in [4.78, 5) is 26.0. The number of nitrogens with one attached hydrogen (secondary N) is 3. The van der Waals surface area contributed by atoms with Crippen molar-refractivity contribution in [3.05, 3.63) is 29.6 Å². The zero-order valence-corrected chi connectivity index (χ0v) is 17.9. The number of ether oxygens (including phenoxy) is 1. The highest BCUT2D eigenvalue weighted by atomic mass is 19.1. The maximum Gasteiger partial charge on any atom is 0.322 e. The Bertz CT molecular complexity index is 778. The molecule has 0 heterocycles. The lowest BCUT2D eigenvalue weighted by atomic mass is 9.53. The second-order valence-corrected chi connectivity index (χ2v) is 9.63. The number of carbonyl (C=O) groups is 2. The monoisotopic (exact) mass is 418 g/mol. The van der Waals surface area contributed by atoms with Crippen LogP contribution < -0.4 is 20.3 Å². The average Bonchev–Trinajstić information content (AvgIpc) is 2.65. The highest BCUT2D eigenvalue weighted by molar-refractivity contribution is 5.95. The van der Waals surface area contributed by atoms with E-state index in [4.69, 9.17) is 4.74 Å². The first kappa shape index (κ1) is 21.1. The van der Waals surface area contributed by atoms with Crippen molar-refractivity contribution in [2.24, 2.45) is 17.8 Å². The van der Waals surface area contributed by atoms with E-state index in [0.29, 0.717) is 13.1 Å². The molecule has 3 amide bonds. The number of rotatable bonds is 7. The molecule has 4 aliphatic carbocycles. The van der Waals surface area contributed by atoms with Gasteiger partial charge in [0.1, 0.15) is 6.54 Å². The molecule has 3 N–H and O–H groups in total. The Morgan fingerprint density at radius 3 is 2.33 bits per heavy atom. The zero-order chi connectivity index (χ0) is 21.3. The Morgan fingerprint density at radius 2 is 1.80 bits per heavy atom. The predicted molar refractivity (Wildman–Crippen MR) is 111 cm³/mol. The topological polar surface area (TPSA) is 71.9 Å². The molecule has 6 nitrogen and oxygen atoms in total. The van der Waals surface area contributed by atoms with Crippen LogP contribution in [-0.2, 0) is 11.3 Å². The third-order valence-corrected chi connectivity index (χ3v) is 7.25. The Hall–Kier alpha value is -2.15. The number of benzene rings is 1. The molecule has 30 heavy (non-hydrogen) atoms. The van der Waals surface area contributed by atoms with Gasteiger partial charge in [0, 0.05) is 11.1 Å². The lowest BCUT2D eigenvalue weighted by Gasteiger charge is -2.56. The average molecular weight is 419 g/mol. The predicted octanol–water partition coefficient (Wildman–Crippen LogP) is 2.03. The number of likely N-dealkylation sites (N-methyl/N-ethyl adjacent to an activating group) is 1. The van der Waals surface area contributed by atoms with Crippen LogP contribution in [0.25, 0.3) is 0 Å². The lowest BCUT2D eigenvalue weighted by Crippen LogP contribution is -3.11. The number of methoxy groups -OCH3 is 1. The van der Waals surface area contributed by atoms with Gasteiger partial charge in [-0.3, -0.25) is 10.1 Å². The molecule has 7 heteroatoms. The Kier molecular flexibility index (Phi) is 6.00. The number of quaternary nitrogens is 1. The van der Waals surface area contributed by atoms with Gasteiger partial charge in [0.25, 0.3) is 5.91 Å². The Labute approximate surface area is 177 Å². The third kappa shape index (κ3) is 4.61. The van der Waals surface area contributed by atoms with Gasteiger partial charge in [-0.05, 0) is 81.4 Å². The van der Waals surface area contributed by atoms with E-state index in [1.165, 1.54) is 32.4 Å². The summed E-state index contributed by atoms with van der Waals surface area (Å²) in [5.41, 5.74) is 0.674. The van der Waals surface area contributed by atoms with Crippen LogP contribution in [0.15, 0.2) is 18.2 Å². The van der Waals surface area contributed by atoms with Gasteiger partial charge >= 0.3 is 6.03 Å². The van der Waals surface area contributed by atoms with Crippen molar-refractivity contribution in [2.75, 3.05) is 20.2 Å². The van der Waals surface area contributed by atoms with Gasteiger partial charge in [-0.2, -0.15) is 0 Å². The van der Waals surface area contributed by atoms with Crippen LogP contribution in [0.3, 0.4) is 0 Å². The molecule has 164 valence electrons. The van der Waals surface area contributed by atoms with Crippen molar-refractivity contribution in [1.29, 1.82) is 0 Å². The van der Waals surface area contributed by atoms with Gasteiger partial charge in [0.2, 0.25) is 0 Å². The molecular weight excluding hydrogens is 385 g/mol. The van der Waals surface area contributed by atoms with E-state index in [-0.39, 0.29) is 29.8 Å². The molecule has 1 atom stereocenters. The minimum Gasteiger partial charge on any atom is -0.494 e. The molecule has 4 saturated carbocycles. The van der Waals surface area contributed by atoms with Crippen molar-refractivity contribution in [3.8, 4) is 5.75 Å². The van der Waals surface area contributed by atoms with Crippen LogP contribution in [0.1, 0.15) is 51.0 Å². The van der Waals surface area contributed by atoms with Gasteiger partial charge in [-0.15, -0.1) is 0 Å². The van der Waals surface area contributed by atoms with Gasteiger partial charge in [-0.25, -0.2) is 9.18 Å². The Morgan fingerprint density at radius 1 is 1.17 bits per heavy atom. The summed E-state index contributed by atoms with van der Waals surface area (Å²) >= 11 is 0.